The Kier molecular flexibility index (Phi) is 1.91. The molecule has 1 aromatic carbocycles. The quantitative estimate of drug-likeness (QED) is 0.743. The molecule has 1 saturated heterocycles. The van der Waals surface area contributed by atoms with Crippen LogP contribution in [0.5, 0.6) is 0 Å². The lowest BCUT2D eigenvalue weighted by Crippen LogP contribution is -2.13. The Hall–Kier alpha value is -2.28. The molecule has 1 atom stereocenters. The Morgan fingerprint density at radius 2 is 2.05 bits per heavy atom. The normalized spacial score (nSPS) is 25.0. The molecule has 20 heavy (non-hydrogen) atoms. The van der Waals surface area contributed by atoms with Gasteiger partial charge in [-0.3, -0.25) is 0 Å². The maximum atomic E-state index is 3.68. The molecule has 1 heterocycles. The fourth-order valence-corrected chi connectivity index (χ4v) is 3.82. The SMILES string of the molecule is C1=CC2=C3NC4=CCc5ccccc5C4C3=CC2=CC1. The molecule has 4 aliphatic rings. The highest BCUT2D eigenvalue weighted by Crippen LogP contribution is 2.49. The fourth-order valence-electron chi connectivity index (χ4n) is 3.82. The molecule has 0 spiro atoms. The molecule has 1 aliphatic heterocycles. The van der Waals surface area contributed by atoms with E-state index < -0.39 is 0 Å². The van der Waals surface area contributed by atoms with Crippen LogP contribution >= 0.6 is 0 Å². The van der Waals surface area contributed by atoms with Gasteiger partial charge in [0.25, 0.3) is 0 Å². The molecule has 1 heteroatoms. The third-order valence-corrected chi connectivity index (χ3v) is 4.74. The zero-order valence-electron chi connectivity index (χ0n) is 11.2. The lowest BCUT2D eigenvalue weighted by molar-refractivity contribution is 0.883. The smallest absolute Gasteiger partial charge is 0.0511 e. The average molecular weight is 257 g/mol. The van der Waals surface area contributed by atoms with Gasteiger partial charge in [-0.15, -0.1) is 0 Å². The molecule has 0 amide bonds. The molecule has 1 unspecified atom stereocenters. The fraction of sp³-hybridized carbons (Fsp3) is 0.158. The summed E-state index contributed by atoms with van der Waals surface area (Å²) in [5.41, 5.74) is 9.87. The minimum atomic E-state index is 0.419. The van der Waals surface area contributed by atoms with Gasteiger partial charge in [0.05, 0.1) is 11.6 Å². The van der Waals surface area contributed by atoms with Crippen molar-refractivity contribution in [2.75, 3.05) is 0 Å². The summed E-state index contributed by atoms with van der Waals surface area (Å²) < 4.78 is 0. The van der Waals surface area contributed by atoms with Gasteiger partial charge in [0.1, 0.15) is 0 Å². The molecule has 1 fully saturated rings. The summed E-state index contributed by atoms with van der Waals surface area (Å²) in [7, 11) is 0. The molecule has 5 rings (SSSR count). The Morgan fingerprint density at radius 1 is 1.10 bits per heavy atom. The van der Waals surface area contributed by atoms with Crippen LogP contribution in [-0.4, -0.2) is 0 Å². The van der Waals surface area contributed by atoms with Gasteiger partial charge in [0.15, 0.2) is 0 Å². The van der Waals surface area contributed by atoms with E-state index in [4.69, 9.17) is 0 Å². The van der Waals surface area contributed by atoms with Crippen molar-refractivity contribution < 1.29 is 0 Å². The first-order valence-corrected chi connectivity index (χ1v) is 7.30. The van der Waals surface area contributed by atoms with Gasteiger partial charge in [-0.25, -0.2) is 0 Å². The molecule has 96 valence electrons. The highest BCUT2D eigenvalue weighted by atomic mass is 15.0. The van der Waals surface area contributed by atoms with Crippen LogP contribution in [0.25, 0.3) is 0 Å². The van der Waals surface area contributed by atoms with Crippen LogP contribution in [0.2, 0.25) is 0 Å². The van der Waals surface area contributed by atoms with Gasteiger partial charge < -0.3 is 5.32 Å². The Bertz CT molecular complexity index is 784. The van der Waals surface area contributed by atoms with Gasteiger partial charge >= 0.3 is 0 Å². The Morgan fingerprint density at radius 3 is 3.05 bits per heavy atom. The van der Waals surface area contributed by atoms with E-state index in [2.05, 4.69) is 60.0 Å². The number of allylic oxidation sites excluding steroid dienone is 9. The number of fused-ring (bicyclic) bond motifs is 6. The van der Waals surface area contributed by atoms with Crippen LogP contribution in [0.3, 0.4) is 0 Å². The van der Waals surface area contributed by atoms with Crippen molar-refractivity contribution in [3.8, 4) is 0 Å². The van der Waals surface area contributed by atoms with Crippen LogP contribution in [0.15, 0.2) is 82.8 Å². The van der Waals surface area contributed by atoms with Crippen LogP contribution in [0.1, 0.15) is 23.5 Å². The van der Waals surface area contributed by atoms with E-state index in [1.165, 1.54) is 39.2 Å². The standard InChI is InChI=1S/C19H15N/c1-3-7-14-12(5-1)9-10-17-18(14)16-11-13-6-2-4-8-15(13)19(16)20-17/h1,3-8,10-11,18,20H,2,9H2. The first-order valence-electron chi connectivity index (χ1n) is 7.30. The monoisotopic (exact) mass is 257 g/mol. The van der Waals surface area contributed by atoms with E-state index in [9.17, 15) is 0 Å². The summed E-state index contributed by atoms with van der Waals surface area (Å²) in [4.78, 5) is 0. The first-order chi connectivity index (χ1) is 9.92. The molecule has 1 aromatic rings. The van der Waals surface area contributed by atoms with Crippen molar-refractivity contribution in [2.24, 2.45) is 0 Å². The van der Waals surface area contributed by atoms with Gasteiger partial charge in [-0.2, -0.15) is 0 Å². The summed E-state index contributed by atoms with van der Waals surface area (Å²) in [5, 5.41) is 3.68. The van der Waals surface area contributed by atoms with Gasteiger partial charge in [0, 0.05) is 11.3 Å². The van der Waals surface area contributed by atoms with Crippen molar-refractivity contribution in [1.29, 1.82) is 0 Å². The highest BCUT2D eigenvalue weighted by molar-refractivity contribution is 5.71. The van der Waals surface area contributed by atoms with Crippen LogP contribution in [0.4, 0.5) is 0 Å². The van der Waals surface area contributed by atoms with Crippen molar-refractivity contribution in [3.05, 3.63) is 93.9 Å². The van der Waals surface area contributed by atoms with Crippen molar-refractivity contribution in [2.45, 2.75) is 18.8 Å². The predicted molar refractivity (Wildman–Crippen MR) is 81.1 cm³/mol. The van der Waals surface area contributed by atoms with Crippen molar-refractivity contribution in [3.63, 3.8) is 0 Å². The second-order valence-corrected chi connectivity index (χ2v) is 5.81. The Labute approximate surface area is 118 Å². The second-order valence-electron chi connectivity index (χ2n) is 5.81. The van der Waals surface area contributed by atoms with Crippen molar-refractivity contribution in [1.82, 2.24) is 5.32 Å². The van der Waals surface area contributed by atoms with Gasteiger partial charge in [0.2, 0.25) is 0 Å². The average Bonchev–Trinajstić information content (AvgIpc) is 3.03. The second kappa shape index (κ2) is 3.63. The van der Waals surface area contributed by atoms with E-state index in [0.29, 0.717) is 5.92 Å². The first kappa shape index (κ1) is 10.5. The zero-order chi connectivity index (χ0) is 13.1. The van der Waals surface area contributed by atoms with Gasteiger partial charge in [-0.05, 0) is 41.2 Å². The molecule has 3 aliphatic carbocycles. The van der Waals surface area contributed by atoms with E-state index in [1.807, 2.05) is 0 Å². The van der Waals surface area contributed by atoms with Gasteiger partial charge in [-0.1, -0.05) is 48.6 Å². The number of nitrogens with one attached hydrogen (secondary N) is 1. The zero-order valence-corrected chi connectivity index (χ0v) is 11.2. The molecular formula is C19H15N. The molecule has 0 bridgehead atoms. The molecule has 0 radical (unpaired) electrons. The number of benzene rings is 1. The summed E-state index contributed by atoms with van der Waals surface area (Å²) >= 11 is 0. The van der Waals surface area contributed by atoms with Crippen LogP contribution in [-0.2, 0) is 6.42 Å². The minimum absolute atomic E-state index is 0.419. The maximum Gasteiger partial charge on any atom is 0.0511 e. The third-order valence-electron chi connectivity index (χ3n) is 4.74. The van der Waals surface area contributed by atoms with Crippen molar-refractivity contribution >= 4 is 0 Å². The van der Waals surface area contributed by atoms with E-state index in [1.54, 1.807) is 0 Å². The molecule has 0 saturated carbocycles. The van der Waals surface area contributed by atoms with Crippen LogP contribution in [0, 0.1) is 0 Å². The van der Waals surface area contributed by atoms with E-state index in [-0.39, 0.29) is 0 Å². The molecule has 1 N–H and O–H groups in total. The lowest BCUT2D eigenvalue weighted by atomic mass is 9.83. The topological polar surface area (TPSA) is 12.0 Å². The lowest BCUT2D eigenvalue weighted by Gasteiger charge is -2.21. The largest absolute Gasteiger partial charge is 0.358 e. The van der Waals surface area contributed by atoms with E-state index in [0.717, 1.165) is 12.8 Å². The maximum absolute atomic E-state index is 3.68. The number of hydrogen-bond donors (Lipinski definition) is 1. The number of hydrogen-bond acceptors (Lipinski definition) is 1. The molecule has 0 aromatic heterocycles. The molecular weight excluding hydrogens is 242 g/mol. The Balaban J connectivity index is 1.74. The van der Waals surface area contributed by atoms with Crippen LogP contribution < -0.4 is 5.32 Å². The highest BCUT2D eigenvalue weighted by Gasteiger charge is 2.38. The number of rotatable bonds is 0. The summed E-state index contributed by atoms with van der Waals surface area (Å²) in [5.74, 6) is 0.419. The summed E-state index contributed by atoms with van der Waals surface area (Å²) in [6.07, 6.45) is 13.7. The predicted octanol–water partition coefficient (Wildman–Crippen LogP) is 3.89. The summed E-state index contributed by atoms with van der Waals surface area (Å²) in [6.45, 7) is 0. The third kappa shape index (κ3) is 1.23. The summed E-state index contributed by atoms with van der Waals surface area (Å²) in [6, 6.07) is 8.85. The molecule has 1 nitrogen and oxygen atoms in total. The minimum Gasteiger partial charge on any atom is -0.358 e. The van der Waals surface area contributed by atoms with E-state index >= 15 is 0 Å².